The Labute approximate surface area is 121 Å². The number of fused-ring (bicyclic) bond motifs is 1. The van der Waals surface area contributed by atoms with Gasteiger partial charge in [-0.25, -0.2) is 4.98 Å². The number of oxazole rings is 1. The van der Waals surface area contributed by atoms with E-state index in [4.69, 9.17) is 13.9 Å². The average molecular weight is 292 g/mol. The third-order valence-corrected chi connectivity index (χ3v) is 3.98. The molecule has 0 saturated carbocycles. The Morgan fingerprint density at radius 1 is 1.35 bits per heavy atom. The molecule has 1 unspecified atom stereocenters. The highest BCUT2D eigenvalue weighted by Gasteiger charge is 2.18. The molecule has 1 N–H and O–H groups in total. The zero-order valence-electron chi connectivity index (χ0n) is 11.2. The van der Waals surface area contributed by atoms with E-state index in [1.165, 1.54) is 5.56 Å². The minimum Gasteiger partial charge on any atom is -0.454 e. The molecule has 0 radical (unpaired) electrons. The van der Waals surface area contributed by atoms with E-state index >= 15 is 0 Å². The van der Waals surface area contributed by atoms with E-state index in [9.17, 15) is 0 Å². The molecule has 5 nitrogen and oxygen atoms in total. The molecule has 1 aliphatic rings. The van der Waals surface area contributed by atoms with Crippen molar-refractivity contribution in [2.75, 3.05) is 19.1 Å². The van der Waals surface area contributed by atoms with E-state index in [1.54, 1.807) is 24.2 Å². The molecule has 0 spiro atoms. The molecule has 0 fully saturated rings. The quantitative estimate of drug-likeness (QED) is 0.826. The third kappa shape index (κ3) is 2.91. The predicted octanol–water partition coefficient (Wildman–Crippen LogP) is 2.85. The molecular formula is C14H16N2O3S. The van der Waals surface area contributed by atoms with Gasteiger partial charge in [-0.3, -0.25) is 0 Å². The molecule has 2 aromatic rings. The summed E-state index contributed by atoms with van der Waals surface area (Å²) in [4.78, 5) is 4.12. The van der Waals surface area contributed by atoms with Crippen LogP contribution in [0.2, 0.25) is 0 Å². The Kier molecular flexibility index (Phi) is 4.13. The van der Waals surface area contributed by atoms with Gasteiger partial charge in [0.05, 0.1) is 6.20 Å². The summed E-state index contributed by atoms with van der Waals surface area (Å²) in [7, 11) is 0. The standard InChI is InChI=1S/C14H16N2O3S/c1-2-15-11(8-20-14-16-5-6-17-14)10-3-4-12-13(7-10)19-9-18-12/h3-7,11,15H,2,8-9H2,1H3. The number of rotatable bonds is 6. The van der Waals surface area contributed by atoms with Crippen molar-refractivity contribution in [3.8, 4) is 11.5 Å². The van der Waals surface area contributed by atoms with E-state index in [-0.39, 0.29) is 6.04 Å². The Bertz CT molecular complexity index is 560. The van der Waals surface area contributed by atoms with E-state index in [0.717, 1.165) is 23.8 Å². The van der Waals surface area contributed by atoms with Gasteiger partial charge in [0.1, 0.15) is 6.26 Å². The molecule has 1 aliphatic heterocycles. The topological polar surface area (TPSA) is 56.5 Å². The van der Waals surface area contributed by atoms with Gasteiger partial charge in [-0.05, 0) is 24.2 Å². The zero-order valence-corrected chi connectivity index (χ0v) is 12.0. The maximum atomic E-state index is 5.43. The predicted molar refractivity (Wildman–Crippen MR) is 76.2 cm³/mol. The van der Waals surface area contributed by atoms with Crippen LogP contribution in [0.5, 0.6) is 11.5 Å². The van der Waals surface area contributed by atoms with Crippen LogP contribution >= 0.6 is 11.8 Å². The Morgan fingerprint density at radius 3 is 3.05 bits per heavy atom. The number of ether oxygens (including phenoxy) is 2. The molecule has 106 valence electrons. The van der Waals surface area contributed by atoms with Crippen LogP contribution in [0, 0.1) is 0 Å². The van der Waals surface area contributed by atoms with Crippen molar-refractivity contribution in [1.82, 2.24) is 10.3 Å². The fraction of sp³-hybridized carbons (Fsp3) is 0.357. The Morgan fingerprint density at radius 2 is 2.25 bits per heavy atom. The second-order valence-corrected chi connectivity index (χ2v) is 5.30. The molecule has 0 amide bonds. The lowest BCUT2D eigenvalue weighted by Gasteiger charge is -2.17. The normalized spacial score (nSPS) is 14.4. The molecule has 3 rings (SSSR count). The molecule has 1 aromatic carbocycles. The van der Waals surface area contributed by atoms with Gasteiger partial charge in [-0.1, -0.05) is 24.8 Å². The molecule has 20 heavy (non-hydrogen) atoms. The summed E-state index contributed by atoms with van der Waals surface area (Å²) in [6.45, 7) is 3.29. The molecule has 1 aromatic heterocycles. The number of hydrogen-bond acceptors (Lipinski definition) is 6. The summed E-state index contributed by atoms with van der Waals surface area (Å²) < 4.78 is 16.0. The molecule has 2 heterocycles. The minimum atomic E-state index is 0.214. The minimum absolute atomic E-state index is 0.214. The maximum absolute atomic E-state index is 5.43. The summed E-state index contributed by atoms with van der Waals surface area (Å²) in [5.74, 6) is 2.46. The monoisotopic (exact) mass is 292 g/mol. The molecule has 0 saturated heterocycles. The molecular weight excluding hydrogens is 276 g/mol. The fourth-order valence-electron chi connectivity index (χ4n) is 2.09. The first-order chi connectivity index (χ1) is 9.86. The molecule has 0 aliphatic carbocycles. The van der Waals surface area contributed by atoms with Crippen LogP contribution in [0.4, 0.5) is 0 Å². The van der Waals surface area contributed by atoms with Gasteiger partial charge in [-0.15, -0.1) is 0 Å². The van der Waals surface area contributed by atoms with Crippen molar-refractivity contribution in [2.45, 2.75) is 18.2 Å². The van der Waals surface area contributed by atoms with Crippen molar-refractivity contribution in [1.29, 1.82) is 0 Å². The zero-order chi connectivity index (χ0) is 13.8. The summed E-state index contributed by atoms with van der Waals surface area (Å²) in [5, 5.41) is 4.15. The highest BCUT2D eigenvalue weighted by molar-refractivity contribution is 7.99. The van der Waals surface area contributed by atoms with Crippen LogP contribution < -0.4 is 14.8 Å². The van der Waals surface area contributed by atoms with Gasteiger partial charge in [-0.2, -0.15) is 0 Å². The lowest BCUT2D eigenvalue weighted by Crippen LogP contribution is -2.22. The molecule has 1 atom stereocenters. The number of thioether (sulfide) groups is 1. The van der Waals surface area contributed by atoms with Gasteiger partial charge >= 0.3 is 0 Å². The van der Waals surface area contributed by atoms with Crippen LogP contribution in [0.3, 0.4) is 0 Å². The van der Waals surface area contributed by atoms with Crippen molar-refractivity contribution in [2.24, 2.45) is 0 Å². The Hall–Kier alpha value is -1.66. The highest BCUT2D eigenvalue weighted by Crippen LogP contribution is 2.35. The van der Waals surface area contributed by atoms with Crippen molar-refractivity contribution >= 4 is 11.8 Å². The van der Waals surface area contributed by atoms with Gasteiger partial charge in [0.25, 0.3) is 5.22 Å². The third-order valence-electron chi connectivity index (χ3n) is 3.03. The van der Waals surface area contributed by atoms with E-state index in [0.29, 0.717) is 12.0 Å². The van der Waals surface area contributed by atoms with Crippen LogP contribution in [0.25, 0.3) is 0 Å². The summed E-state index contributed by atoms with van der Waals surface area (Å²) in [5.41, 5.74) is 1.18. The average Bonchev–Trinajstić information content (AvgIpc) is 3.13. The SMILES string of the molecule is CCNC(CSc1ncco1)c1ccc2c(c1)OCO2. The van der Waals surface area contributed by atoms with Crippen LogP contribution in [0.15, 0.2) is 40.3 Å². The second kappa shape index (κ2) is 6.19. The van der Waals surface area contributed by atoms with Crippen LogP contribution in [-0.2, 0) is 0 Å². The first kappa shape index (κ1) is 13.3. The van der Waals surface area contributed by atoms with E-state index < -0.39 is 0 Å². The number of benzene rings is 1. The summed E-state index contributed by atoms with van der Waals surface area (Å²) in [6, 6.07) is 6.27. The lowest BCUT2D eigenvalue weighted by atomic mass is 10.1. The van der Waals surface area contributed by atoms with Gasteiger partial charge in [0.15, 0.2) is 11.5 Å². The second-order valence-electron chi connectivity index (χ2n) is 4.33. The van der Waals surface area contributed by atoms with Crippen molar-refractivity contribution in [3.05, 3.63) is 36.2 Å². The largest absolute Gasteiger partial charge is 0.454 e. The highest BCUT2D eigenvalue weighted by atomic mass is 32.2. The van der Waals surface area contributed by atoms with Crippen LogP contribution in [-0.4, -0.2) is 24.1 Å². The number of nitrogens with zero attached hydrogens (tertiary/aromatic N) is 1. The molecule has 6 heteroatoms. The fourth-order valence-corrected chi connectivity index (χ4v) is 2.96. The first-order valence-corrected chi connectivity index (χ1v) is 7.50. The van der Waals surface area contributed by atoms with Crippen molar-refractivity contribution in [3.63, 3.8) is 0 Å². The first-order valence-electron chi connectivity index (χ1n) is 6.52. The Balaban J connectivity index is 1.72. The van der Waals surface area contributed by atoms with E-state index in [2.05, 4.69) is 23.3 Å². The summed E-state index contributed by atoms with van der Waals surface area (Å²) >= 11 is 1.59. The van der Waals surface area contributed by atoms with Gasteiger partial charge < -0.3 is 19.2 Å². The smallest absolute Gasteiger partial charge is 0.255 e. The maximum Gasteiger partial charge on any atom is 0.255 e. The van der Waals surface area contributed by atoms with Gasteiger partial charge in [0, 0.05) is 11.8 Å². The van der Waals surface area contributed by atoms with Crippen LogP contribution in [0.1, 0.15) is 18.5 Å². The number of hydrogen-bond donors (Lipinski definition) is 1. The number of aromatic nitrogens is 1. The number of nitrogens with one attached hydrogen (secondary N) is 1. The summed E-state index contributed by atoms with van der Waals surface area (Å²) in [6.07, 6.45) is 3.25. The van der Waals surface area contributed by atoms with Gasteiger partial charge in [0.2, 0.25) is 6.79 Å². The lowest BCUT2D eigenvalue weighted by molar-refractivity contribution is 0.174. The molecule has 0 bridgehead atoms. The van der Waals surface area contributed by atoms with Crippen molar-refractivity contribution < 1.29 is 13.9 Å². The van der Waals surface area contributed by atoms with E-state index in [1.807, 2.05) is 12.1 Å².